The Hall–Kier alpha value is -1.88. The molecule has 2 rings (SSSR count). The third kappa shape index (κ3) is 2.93. The highest BCUT2D eigenvalue weighted by molar-refractivity contribution is 5.59. The van der Waals surface area contributed by atoms with Crippen molar-refractivity contribution in [1.29, 1.82) is 0 Å². The number of aryl methyl sites for hydroxylation is 2. The van der Waals surface area contributed by atoms with Crippen LogP contribution in [0.5, 0.6) is 5.75 Å². The SMILES string of the molecule is COc1c(C)cc(-c2nc(CN(C)C)no2)cc1C. The van der Waals surface area contributed by atoms with Gasteiger partial charge in [-0.1, -0.05) is 5.16 Å². The Morgan fingerprint density at radius 1 is 1.21 bits per heavy atom. The van der Waals surface area contributed by atoms with Crippen LogP contribution in [0.15, 0.2) is 16.7 Å². The van der Waals surface area contributed by atoms with Crippen molar-refractivity contribution >= 4 is 0 Å². The van der Waals surface area contributed by atoms with Gasteiger partial charge in [0.2, 0.25) is 0 Å². The van der Waals surface area contributed by atoms with Crippen molar-refractivity contribution in [3.63, 3.8) is 0 Å². The van der Waals surface area contributed by atoms with E-state index in [1.807, 2.05) is 45.0 Å². The van der Waals surface area contributed by atoms with E-state index in [9.17, 15) is 0 Å². The van der Waals surface area contributed by atoms with Crippen LogP contribution in [-0.4, -0.2) is 36.2 Å². The Bertz CT molecular complexity index is 553. The molecule has 5 nitrogen and oxygen atoms in total. The Kier molecular flexibility index (Phi) is 3.85. The number of hydrogen-bond acceptors (Lipinski definition) is 5. The van der Waals surface area contributed by atoms with Gasteiger partial charge in [-0.3, -0.25) is 0 Å². The molecule has 0 atom stereocenters. The van der Waals surface area contributed by atoms with Crippen LogP contribution < -0.4 is 4.74 Å². The van der Waals surface area contributed by atoms with Gasteiger partial charge >= 0.3 is 0 Å². The van der Waals surface area contributed by atoms with Crippen molar-refractivity contribution in [2.24, 2.45) is 0 Å². The number of ether oxygens (including phenoxy) is 1. The van der Waals surface area contributed by atoms with Crippen LogP contribution in [-0.2, 0) is 6.54 Å². The summed E-state index contributed by atoms with van der Waals surface area (Å²) in [5, 5.41) is 3.98. The van der Waals surface area contributed by atoms with Gasteiger partial charge in [0.15, 0.2) is 5.82 Å². The molecule has 19 heavy (non-hydrogen) atoms. The topological polar surface area (TPSA) is 51.4 Å². The fraction of sp³-hybridized carbons (Fsp3) is 0.429. The predicted octanol–water partition coefficient (Wildman–Crippen LogP) is 2.42. The molecule has 0 unspecified atom stereocenters. The summed E-state index contributed by atoms with van der Waals surface area (Å²) in [5.41, 5.74) is 3.04. The molecule has 2 aromatic rings. The average molecular weight is 261 g/mol. The van der Waals surface area contributed by atoms with E-state index in [2.05, 4.69) is 10.1 Å². The van der Waals surface area contributed by atoms with Gasteiger partial charge in [-0.2, -0.15) is 4.98 Å². The number of nitrogens with zero attached hydrogens (tertiary/aromatic N) is 3. The van der Waals surface area contributed by atoms with E-state index in [0.717, 1.165) is 22.4 Å². The van der Waals surface area contributed by atoms with Crippen LogP contribution in [0.2, 0.25) is 0 Å². The van der Waals surface area contributed by atoms with Crippen LogP contribution in [0.25, 0.3) is 11.5 Å². The average Bonchev–Trinajstić information content (AvgIpc) is 2.76. The third-order valence-electron chi connectivity index (χ3n) is 2.84. The molecule has 0 amide bonds. The van der Waals surface area contributed by atoms with Crippen molar-refractivity contribution in [2.45, 2.75) is 20.4 Å². The van der Waals surface area contributed by atoms with Crippen molar-refractivity contribution in [3.8, 4) is 17.2 Å². The molecule has 0 saturated carbocycles. The molecule has 1 aromatic carbocycles. The molecule has 0 radical (unpaired) electrons. The van der Waals surface area contributed by atoms with Crippen LogP contribution in [0.3, 0.4) is 0 Å². The van der Waals surface area contributed by atoms with Gasteiger partial charge in [-0.25, -0.2) is 0 Å². The summed E-state index contributed by atoms with van der Waals surface area (Å²) in [5.74, 6) is 2.13. The molecule has 0 fully saturated rings. The zero-order valence-electron chi connectivity index (χ0n) is 12.0. The van der Waals surface area contributed by atoms with Gasteiger partial charge in [-0.05, 0) is 51.2 Å². The van der Waals surface area contributed by atoms with E-state index < -0.39 is 0 Å². The maximum absolute atomic E-state index is 5.35. The van der Waals surface area contributed by atoms with Crippen LogP contribution in [0.4, 0.5) is 0 Å². The first kappa shape index (κ1) is 13.5. The molecule has 0 spiro atoms. The van der Waals surface area contributed by atoms with Gasteiger partial charge in [0.1, 0.15) is 5.75 Å². The minimum absolute atomic E-state index is 0.547. The molecule has 0 bridgehead atoms. The fourth-order valence-corrected chi connectivity index (χ4v) is 2.11. The molecule has 0 N–H and O–H groups in total. The summed E-state index contributed by atoms with van der Waals surface area (Å²) in [4.78, 5) is 6.40. The van der Waals surface area contributed by atoms with Crippen LogP contribution in [0.1, 0.15) is 17.0 Å². The van der Waals surface area contributed by atoms with Crippen LogP contribution >= 0.6 is 0 Å². The van der Waals surface area contributed by atoms with E-state index in [0.29, 0.717) is 18.3 Å². The van der Waals surface area contributed by atoms with Crippen molar-refractivity contribution < 1.29 is 9.26 Å². The van der Waals surface area contributed by atoms with E-state index >= 15 is 0 Å². The van der Waals surface area contributed by atoms with E-state index in [-0.39, 0.29) is 0 Å². The second-order valence-corrected chi connectivity index (χ2v) is 4.90. The lowest BCUT2D eigenvalue weighted by Gasteiger charge is -2.09. The summed E-state index contributed by atoms with van der Waals surface area (Å²) in [7, 11) is 5.62. The van der Waals surface area contributed by atoms with E-state index in [4.69, 9.17) is 9.26 Å². The molecule has 1 aromatic heterocycles. The second-order valence-electron chi connectivity index (χ2n) is 4.90. The molecule has 0 aliphatic rings. The molecule has 0 aliphatic carbocycles. The molecule has 0 saturated heterocycles. The molecular formula is C14H19N3O2. The third-order valence-corrected chi connectivity index (χ3v) is 2.84. The number of aromatic nitrogens is 2. The highest BCUT2D eigenvalue weighted by atomic mass is 16.5. The Morgan fingerprint density at radius 2 is 1.84 bits per heavy atom. The predicted molar refractivity (Wildman–Crippen MR) is 73.2 cm³/mol. The monoisotopic (exact) mass is 261 g/mol. The summed E-state index contributed by atoms with van der Waals surface area (Å²) in [6.07, 6.45) is 0. The van der Waals surface area contributed by atoms with Gasteiger partial charge in [0.05, 0.1) is 13.7 Å². The lowest BCUT2D eigenvalue weighted by molar-refractivity contribution is 0.365. The number of rotatable bonds is 4. The number of methoxy groups -OCH3 is 1. The Labute approximate surface area is 113 Å². The number of hydrogen-bond donors (Lipinski definition) is 0. The van der Waals surface area contributed by atoms with Gasteiger partial charge < -0.3 is 14.2 Å². The van der Waals surface area contributed by atoms with E-state index in [1.54, 1.807) is 7.11 Å². The minimum Gasteiger partial charge on any atom is -0.496 e. The summed E-state index contributed by atoms with van der Waals surface area (Å²) >= 11 is 0. The van der Waals surface area contributed by atoms with E-state index in [1.165, 1.54) is 0 Å². The molecule has 102 valence electrons. The smallest absolute Gasteiger partial charge is 0.257 e. The Balaban J connectivity index is 2.34. The summed E-state index contributed by atoms with van der Waals surface area (Å²) in [6, 6.07) is 4.00. The molecule has 1 heterocycles. The second kappa shape index (κ2) is 5.40. The maximum atomic E-state index is 5.35. The largest absolute Gasteiger partial charge is 0.496 e. The van der Waals surface area contributed by atoms with Crippen molar-refractivity contribution in [3.05, 3.63) is 29.1 Å². The quantitative estimate of drug-likeness (QED) is 0.846. The number of benzene rings is 1. The van der Waals surface area contributed by atoms with Gasteiger partial charge in [0, 0.05) is 5.56 Å². The summed E-state index contributed by atoms with van der Waals surface area (Å²) in [6.45, 7) is 4.68. The highest BCUT2D eigenvalue weighted by Gasteiger charge is 2.12. The first-order valence-electron chi connectivity index (χ1n) is 6.14. The minimum atomic E-state index is 0.547. The van der Waals surface area contributed by atoms with Crippen molar-refractivity contribution in [2.75, 3.05) is 21.2 Å². The lowest BCUT2D eigenvalue weighted by atomic mass is 10.1. The lowest BCUT2D eigenvalue weighted by Crippen LogP contribution is -2.11. The molecular weight excluding hydrogens is 242 g/mol. The normalized spacial score (nSPS) is 11.1. The standard InChI is InChI=1S/C14H19N3O2/c1-9-6-11(7-10(2)13(9)18-5)14-15-12(16-19-14)8-17(3)4/h6-7H,8H2,1-5H3. The zero-order chi connectivity index (χ0) is 14.0. The maximum Gasteiger partial charge on any atom is 0.257 e. The van der Waals surface area contributed by atoms with Crippen molar-refractivity contribution in [1.82, 2.24) is 15.0 Å². The summed E-state index contributed by atoms with van der Waals surface area (Å²) < 4.78 is 10.7. The first-order chi connectivity index (χ1) is 9.01. The molecule has 5 heteroatoms. The highest BCUT2D eigenvalue weighted by Crippen LogP contribution is 2.29. The van der Waals surface area contributed by atoms with Crippen LogP contribution in [0, 0.1) is 13.8 Å². The zero-order valence-corrected chi connectivity index (χ0v) is 12.0. The van der Waals surface area contributed by atoms with Gasteiger partial charge in [0.25, 0.3) is 5.89 Å². The Morgan fingerprint density at radius 3 is 2.37 bits per heavy atom. The fourth-order valence-electron chi connectivity index (χ4n) is 2.11. The molecule has 0 aliphatic heterocycles. The first-order valence-corrected chi connectivity index (χ1v) is 6.14. The van der Waals surface area contributed by atoms with Gasteiger partial charge in [-0.15, -0.1) is 0 Å².